The van der Waals surface area contributed by atoms with Crippen LogP contribution in [0.5, 0.6) is 0 Å². The molecule has 0 bridgehead atoms. The molecule has 0 N–H and O–H groups in total. The van der Waals surface area contributed by atoms with E-state index in [0.29, 0.717) is 64.8 Å². The van der Waals surface area contributed by atoms with Crippen molar-refractivity contribution < 1.29 is 23.8 Å². The maximum Gasteiger partial charge on any atom is 0.307 e. The number of nitrogens with zero attached hydrogens (tertiary/aromatic N) is 1. The Bertz CT molecular complexity index is 267. The molecule has 6 nitrogen and oxygen atoms in total. The van der Waals surface area contributed by atoms with Crippen molar-refractivity contribution in [1.82, 2.24) is 4.90 Å². The summed E-state index contributed by atoms with van der Waals surface area (Å²) in [6.45, 7) is 7.00. The number of ether oxygens (including phenoxy) is 3. The van der Waals surface area contributed by atoms with Gasteiger partial charge in [-0.05, 0) is 13.8 Å². The van der Waals surface area contributed by atoms with Gasteiger partial charge in [0.1, 0.15) is 0 Å². The van der Waals surface area contributed by atoms with E-state index in [1.165, 1.54) is 0 Å². The van der Waals surface area contributed by atoms with Gasteiger partial charge in [-0.1, -0.05) is 0 Å². The molecule has 0 saturated carbocycles. The Morgan fingerprint density at radius 2 is 1.43 bits per heavy atom. The predicted molar refractivity (Wildman–Crippen MR) is 80.5 cm³/mol. The van der Waals surface area contributed by atoms with E-state index in [-0.39, 0.29) is 11.9 Å². The van der Waals surface area contributed by atoms with Crippen LogP contribution in [0.1, 0.15) is 26.7 Å². The monoisotopic (exact) mass is 323 g/mol. The van der Waals surface area contributed by atoms with Crippen LogP contribution >= 0.6 is 11.6 Å². The van der Waals surface area contributed by atoms with E-state index in [0.717, 1.165) is 0 Å². The Morgan fingerprint density at radius 1 is 0.905 bits per heavy atom. The molecule has 0 heterocycles. The van der Waals surface area contributed by atoms with Crippen LogP contribution in [0.3, 0.4) is 0 Å². The summed E-state index contributed by atoms with van der Waals surface area (Å²) < 4.78 is 15.1. The molecule has 0 aliphatic heterocycles. The van der Waals surface area contributed by atoms with Crippen LogP contribution in [0.4, 0.5) is 0 Å². The summed E-state index contributed by atoms with van der Waals surface area (Å²) in [4.78, 5) is 24.7. The summed E-state index contributed by atoms with van der Waals surface area (Å²) in [7, 11) is 0. The van der Waals surface area contributed by atoms with Gasteiger partial charge < -0.3 is 14.2 Å². The molecular weight excluding hydrogens is 298 g/mol. The average molecular weight is 324 g/mol. The van der Waals surface area contributed by atoms with E-state index in [2.05, 4.69) is 0 Å². The van der Waals surface area contributed by atoms with Crippen molar-refractivity contribution >= 4 is 23.5 Å². The first-order valence-corrected chi connectivity index (χ1v) is 7.84. The summed E-state index contributed by atoms with van der Waals surface area (Å²) in [5.74, 6) is -0.0216. The first-order valence-electron chi connectivity index (χ1n) is 7.31. The van der Waals surface area contributed by atoms with Gasteiger partial charge in [-0.3, -0.25) is 14.5 Å². The van der Waals surface area contributed by atoms with Gasteiger partial charge in [0.2, 0.25) is 0 Å². The zero-order chi connectivity index (χ0) is 15.9. The highest BCUT2D eigenvalue weighted by Crippen LogP contribution is 1.98. The molecule has 0 unspecified atom stereocenters. The van der Waals surface area contributed by atoms with Crippen LogP contribution in [0.2, 0.25) is 0 Å². The topological polar surface area (TPSA) is 65.1 Å². The van der Waals surface area contributed by atoms with E-state index >= 15 is 0 Å². The third-order valence-corrected chi connectivity index (χ3v) is 2.80. The van der Waals surface area contributed by atoms with Crippen molar-refractivity contribution in [2.24, 2.45) is 0 Å². The molecule has 0 radical (unpaired) electrons. The van der Waals surface area contributed by atoms with Crippen molar-refractivity contribution in [1.29, 1.82) is 0 Å². The molecule has 7 heteroatoms. The van der Waals surface area contributed by atoms with Crippen molar-refractivity contribution in [3.8, 4) is 0 Å². The number of carbonyl (C=O) groups excluding carboxylic acids is 2. The molecule has 0 aliphatic carbocycles. The van der Waals surface area contributed by atoms with E-state index in [1.54, 1.807) is 13.8 Å². The van der Waals surface area contributed by atoms with E-state index in [1.807, 2.05) is 4.90 Å². The molecule has 0 amide bonds. The Morgan fingerprint density at radius 3 is 1.86 bits per heavy atom. The molecule has 0 rings (SSSR count). The van der Waals surface area contributed by atoms with Crippen LogP contribution in [-0.4, -0.2) is 68.8 Å². The molecular formula is C14H26ClNO5. The Kier molecular flexibility index (Phi) is 13.5. The molecule has 21 heavy (non-hydrogen) atoms. The lowest BCUT2D eigenvalue weighted by atomic mass is 10.3. The largest absolute Gasteiger partial charge is 0.466 e. The molecule has 0 saturated heterocycles. The summed E-state index contributed by atoms with van der Waals surface area (Å²) >= 11 is 5.53. The lowest BCUT2D eigenvalue weighted by Gasteiger charge is -2.21. The highest BCUT2D eigenvalue weighted by molar-refractivity contribution is 6.17. The van der Waals surface area contributed by atoms with Crippen LogP contribution in [0.25, 0.3) is 0 Å². The SMILES string of the molecule is CCOC(=O)CCN(CCOCCCl)CCC(=O)OCC. The molecule has 0 spiro atoms. The molecule has 0 aliphatic rings. The number of hydrogen-bond acceptors (Lipinski definition) is 6. The molecule has 0 aromatic carbocycles. The van der Waals surface area contributed by atoms with E-state index < -0.39 is 0 Å². The third-order valence-electron chi connectivity index (χ3n) is 2.65. The Balaban J connectivity index is 4.07. The second kappa shape index (κ2) is 14.1. The Hall–Kier alpha value is -0.850. The normalized spacial score (nSPS) is 10.7. The standard InChI is InChI=1S/C14H26ClNO5/c1-3-20-13(17)5-8-16(10-12-19-11-7-15)9-6-14(18)21-4-2/h3-12H2,1-2H3. The van der Waals surface area contributed by atoms with Gasteiger partial charge >= 0.3 is 11.9 Å². The van der Waals surface area contributed by atoms with Gasteiger partial charge in [-0.2, -0.15) is 0 Å². The number of esters is 2. The van der Waals surface area contributed by atoms with Crippen LogP contribution < -0.4 is 0 Å². The van der Waals surface area contributed by atoms with Crippen molar-refractivity contribution in [2.45, 2.75) is 26.7 Å². The first-order chi connectivity index (χ1) is 10.1. The molecule has 0 atom stereocenters. The first kappa shape index (κ1) is 20.1. The number of hydrogen-bond donors (Lipinski definition) is 0. The van der Waals surface area contributed by atoms with Gasteiger partial charge in [0.05, 0.1) is 39.3 Å². The highest BCUT2D eigenvalue weighted by Gasteiger charge is 2.11. The molecule has 0 fully saturated rings. The summed E-state index contributed by atoms with van der Waals surface area (Å²) in [6.07, 6.45) is 0.596. The fourth-order valence-corrected chi connectivity index (χ4v) is 1.76. The Labute approximate surface area is 131 Å². The van der Waals surface area contributed by atoms with Gasteiger partial charge in [0, 0.05) is 25.5 Å². The average Bonchev–Trinajstić information content (AvgIpc) is 2.46. The van der Waals surface area contributed by atoms with Crippen molar-refractivity contribution in [3.05, 3.63) is 0 Å². The van der Waals surface area contributed by atoms with Gasteiger partial charge in [-0.25, -0.2) is 0 Å². The second-order valence-electron chi connectivity index (χ2n) is 4.25. The van der Waals surface area contributed by atoms with Crippen LogP contribution in [0, 0.1) is 0 Å². The second-order valence-corrected chi connectivity index (χ2v) is 4.63. The van der Waals surface area contributed by atoms with E-state index in [4.69, 9.17) is 25.8 Å². The molecule has 0 aromatic rings. The highest BCUT2D eigenvalue weighted by atomic mass is 35.5. The zero-order valence-corrected chi connectivity index (χ0v) is 13.7. The van der Waals surface area contributed by atoms with Gasteiger partial charge in [0.15, 0.2) is 0 Å². The number of alkyl halides is 1. The maximum atomic E-state index is 11.4. The molecule has 0 aromatic heterocycles. The quantitative estimate of drug-likeness (QED) is 0.290. The number of halogens is 1. The predicted octanol–water partition coefficient (Wildman–Crippen LogP) is 1.45. The van der Waals surface area contributed by atoms with E-state index in [9.17, 15) is 9.59 Å². The van der Waals surface area contributed by atoms with Gasteiger partial charge in [0.25, 0.3) is 0 Å². The number of carbonyl (C=O) groups is 2. The summed E-state index contributed by atoms with van der Waals surface area (Å²) in [5.41, 5.74) is 0. The van der Waals surface area contributed by atoms with Crippen LogP contribution in [-0.2, 0) is 23.8 Å². The van der Waals surface area contributed by atoms with Gasteiger partial charge in [-0.15, -0.1) is 11.6 Å². The fraction of sp³-hybridized carbons (Fsp3) is 0.857. The molecule has 124 valence electrons. The maximum absolute atomic E-state index is 11.4. The minimum absolute atomic E-state index is 0.236. The minimum atomic E-state index is -0.236. The minimum Gasteiger partial charge on any atom is -0.466 e. The summed E-state index contributed by atoms with van der Waals surface area (Å²) in [6, 6.07) is 0. The zero-order valence-electron chi connectivity index (χ0n) is 12.9. The third kappa shape index (κ3) is 12.6. The summed E-state index contributed by atoms with van der Waals surface area (Å²) in [5, 5.41) is 0. The number of rotatable bonds is 13. The smallest absolute Gasteiger partial charge is 0.307 e. The van der Waals surface area contributed by atoms with Crippen LogP contribution in [0.15, 0.2) is 0 Å². The lowest BCUT2D eigenvalue weighted by Crippen LogP contribution is -2.32. The van der Waals surface area contributed by atoms with Crippen molar-refractivity contribution in [3.63, 3.8) is 0 Å². The van der Waals surface area contributed by atoms with Crippen molar-refractivity contribution in [2.75, 3.05) is 51.9 Å². The lowest BCUT2D eigenvalue weighted by molar-refractivity contribution is -0.143. The fourth-order valence-electron chi connectivity index (χ4n) is 1.65.